The number of benzene rings is 1. The van der Waals surface area contributed by atoms with E-state index < -0.39 is 12.1 Å². The Morgan fingerprint density at radius 3 is 2.30 bits per heavy atom. The lowest BCUT2D eigenvalue weighted by Crippen LogP contribution is -2.61. The number of aromatic nitrogens is 1. The highest BCUT2D eigenvalue weighted by Gasteiger charge is 2.51. The quantitative estimate of drug-likeness (QED) is 0.704. The Morgan fingerprint density at radius 2 is 1.70 bits per heavy atom. The average molecular weight is 425 g/mol. The number of thiazole rings is 1. The lowest BCUT2D eigenvalue weighted by atomic mass is 9.53. The first-order chi connectivity index (χ1) is 14.4. The minimum atomic E-state index is -0.813. The molecule has 0 unspecified atom stereocenters. The zero-order chi connectivity index (χ0) is 20.9. The van der Waals surface area contributed by atoms with Crippen LogP contribution >= 0.6 is 11.3 Å². The monoisotopic (exact) mass is 424 g/mol. The zero-order valence-electron chi connectivity index (χ0n) is 17.5. The van der Waals surface area contributed by atoms with E-state index >= 15 is 0 Å². The molecule has 158 valence electrons. The summed E-state index contributed by atoms with van der Waals surface area (Å²) in [4.78, 5) is 30.6. The van der Waals surface area contributed by atoms with Gasteiger partial charge in [-0.05, 0) is 70.1 Å². The molecule has 4 aliphatic rings. The summed E-state index contributed by atoms with van der Waals surface area (Å²) in [6.07, 6.45) is 6.42. The van der Waals surface area contributed by atoms with Gasteiger partial charge in [-0.15, -0.1) is 11.3 Å². The van der Waals surface area contributed by atoms with Crippen molar-refractivity contribution in [2.45, 2.75) is 64.0 Å². The summed E-state index contributed by atoms with van der Waals surface area (Å²) >= 11 is 1.31. The van der Waals surface area contributed by atoms with Crippen molar-refractivity contribution in [3.05, 3.63) is 40.9 Å². The van der Waals surface area contributed by atoms with E-state index in [1.165, 1.54) is 30.6 Å². The molecule has 5 nitrogen and oxygen atoms in total. The molecule has 0 radical (unpaired) electrons. The Hall–Kier alpha value is -2.21. The second-order valence-electron chi connectivity index (χ2n) is 9.53. The molecule has 4 aliphatic carbocycles. The number of hydrogen-bond acceptors (Lipinski definition) is 5. The maximum atomic E-state index is 12.9. The van der Waals surface area contributed by atoms with Gasteiger partial charge in [-0.2, -0.15) is 0 Å². The Bertz CT molecular complexity index is 933. The molecule has 1 atom stereocenters. The topological polar surface area (TPSA) is 68.3 Å². The molecule has 6 rings (SSSR count). The van der Waals surface area contributed by atoms with Gasteiger partial charge in [-0.3, -0.25) is 4.79 Å². The summed E-state index contributed by atoms with van der Waals surface area (Å²) in [5, 5.41) is 4.08. The Labute approximate surface area is 181 Å². The summed E-state index contributed by atoms with van der Waals surface area (Å²) in [6, 6.07) is 9.77. The molecule has 4 fully saturated rings. The normalized spacial score (nSPS) is 30.1. The Balaban J connectivity index is 1.24. The Kier molecular flexibility index (Phi) is 4.92. The molecular formula is C24H28N2O3S. The van der Waals surface area contributed by atoms with Crippen molar-refractivity contribution < 1.29 is 14.3 Å². The van der Waals surface area contributed by atoms with Crippen molar-refractivity contribution >= 4 is 23.2 Å². The van der Waals surface area contributed by atoms with Crippen LogP contribution in [0.5, 0.6) is 0 Å². The highest BCUT2D eigenvalue weighted by atomic mass is 32.1. The second kappa shape index (κ2) is 7.49. The van der Waals surface area contributed by atoms with Crippen molar-refractivity contribution in [3.8, 4) is 10.6 Å². The molecule has 4 saturated carbocycles. The first-order valence-corrected chi connectivity index (χ1v) is 11.8. The molecule has 0 aliphatic heterocycles. The lowest BCUT2D eigenvalue weighted by molar-refractivity contribution is -0.134. The first kappa shape index (κ1) is 19.7. The summed E-state index contributed by atoms with van der Waals surface area (Å²) < 4.78 is 5.56. The number of rotatable bonds is 5. The molecule has 1 aromatic heterocycles. The van der Waals surface area contributed by atoms with E-state index in [4.69, 9.17) is 4.74 Å². The van der Waals surface area contributed by atoms with Gasteiger partial charge in [0.15, 0.2) is 6.10 Å². The van der Waals surface area contributed by atoms with Crippen LogP contribution in [0.2, 0.25) is 0 Å². The van der Waals surface area contributed by atoms with Crippen LogP contribution < -0.4 is 5.32 Å². The fraction of sp³-hybridized carbons (Fsp3) is 0.542. The van der Waals surface area contributed by atoms with Gasteiger partial charge in [0.25, 0.3) is 5.91 Å². The van der Waals surface area contributed by atoms with E-state index in [1.54, 1.807) is 13.8 Å². The fourth-order valence-corrected chi connectivity index (χ4v) is 7.14. The number of carbonyl (C=O) groups excluding carboxylic acids is 2. The molecule has 30 heavy (non-hydrogen) atoms. The van der Waals surface area contributed by atoms with Crippen molar-refractivity contribution in [2.75, 3.05) is 0 Å². The number of amides is 1. The maximum absolute atomic E-state index is 12.9. The van der Waals surface area contributed by atoms with Gasteiger partial charge in [0.05, 0.1) is 5.69 Å². The first-order valence-electron chi connectivity index (χ1n) is 11.0. The number of carbonyl (C=O) groups is 2. The third kappa shape index (κ3) is 3.66. The average Bonchev–Trinajstić information content (AvgIpc) is 3.09. The second-order valence-corrected chi connectivity index (χ2v) is 10.5. The predicted molar refractivity (Wildman–Crippen MR) is 116 cm³/mol. The summed E-state index contributed by atoms with van der Waals surface area (Å²) in [5.74, 6) is 1.62. The van der Waals surface area contributed by atoms with Crippen LogP contribution in [-0.4, -0.2) is 28.5 Å². The van der Waals surface area contributed by atoms with Gasteiger partial charge in [0.1, 0.15) is 9.88 Å². The summed E-state index contributed by atoms with van der Waals surface area (Å²) in [7, 11) is 0. The van der Waals surface area contributed by atoms with Crippen molar-refractivity contribution in [1.82, 2.24) is 10.3 Å². The van der Waals surface area contributed by atoms with Gasteiger partial charge in [0, 0.05) is 11.1 Å². The number of nitrogens with one attached hydrogen (secondary N) is 1. The van der Waals surface area contributed by atoms with Gasteiger partial charge in [-0.25, -0.2) is 9.78 Å². The minimum Gasteiger partial charge on any atom is -0.448 e. The number of ether oxygens (including phenoxy) is 1. The molecule has 4 bridgehead atoms. The van der Waals surface area contributed by atoms with Gasteiger partial charge in [0.2, 0.25) is 0 Å². The highest BCUT2D eigenvalue weighted by Crippen LogP contribution is 2.55. The maximum Gasteiger partial charge on any atom is 0.351 e. The molecule has 1 aromatic carbocycles. The van der Waals surface area contributed by atoms with Crippen molar-refractivity contribution in [1.29, 1.82) is 0 Å². The van der Waals surface area contributed by atoms with E-state index in [1.807, 2.05) is 30.3 Å². The van der Waals surface area contributed by atoms with Gasteiger partial charge in [-0.1, -0.05) is 30.3 Å². The summed E-state index contributed by atoms with van der Waals surface area (Å²) in [5.41, 5.74) is 1.53. The molecule has 0 saturated heterocycles. The van der Waals surface area contributed by atoms with Gasteiger partial charge < -0.3 is 10.1 Å². The number of nitrogens with zero attached hydrogens (tertiary/aromatic N) is 1. The van der Waals surface area contributed by atoms with Crippen LogP contribution in [0.1, 0.15) is 60.8 Å². The minimum absolute atomic E-state index is 0.0760. The molecule has 6 heteroatoms. The number of esters is 1. The van der Waals surface area contributed by atoms with Crippen LogP contribution in [0.25, 0.3) is 10.6 Å². The van der Waals surface area contributed by atoms with E-state index in [-0.39, 0.29) is 11.4 Å². The van der Waals surface area contributed by atoms with Crippen LogP contribution in [0.4, 0.5) is 0 Å². The van der Waals surface area contributed by atoms with Crippen LogP contribution in [-0.2, 0) is 9.53 Å². The molecule has 1 heterocycles. The van der Waals surface area contributed by atoms with E-state index in [2.05, 4.69) is 10.3 Å². The smallest absolute Gasteiger partial charge is 0.351 e. The van der Waals surface area contributed by atoms with E-state index in [9.17, 15) is 9.59 Å². The standard InChI is InChI=1S/C24H28N2O3S/c1-14-20(30-22(25-14)19-6-4-3-5-7-19)23(28)29-15(2)21(27)26-24-11-16-8-17(12-24)10-18(9-16)13-24/h3-7,15-18H,8-13H2,1-2H3,(H,26,27)/t15-,16?,17?,18?,24?/m0/s1. The van der Waals surface area contributed by atoms with Crippen molar-refractivity contribution in [3.63, 3.8) is 0 Å². The van der Waals surface area contributed by atoms with E-state index in [0.29, 0.717) is 10.6 Å². The zero-order valence-corrected chi connectivity index (χ0v) is 18.3. The summed E-state index contributed by atoms with van der Waals surface area (Å²) in [6.45, 7) is 3.47. The largest absolute Gasteiger partial charge is 0.448 e. The molecule has 1 amide bonds. The third-order valence-electron chi connectivity index (χ3n) is 7.08. The molecule has 0 spiro atoms. The van der Waals surface area contributed by atoms with Crippen LogP contribution in [0.15, 0.2) is 30.3 Å². The molecular weight excluding hydrogens is 396 g/mol. The van der Waals surface area contributed by atoms with Crippen LogP contribution in [0, 0.1) is 24.7 Å². The van der Waals surface area contributed by atoms with Crippen LogP contribution in [0.3, 0.4) is 0 Å². The highest BCUT2D eigenvalue weighted by molar-refractivity contribution is 7.17. The van der Waals surface area contributed by atoms with E-state index in [0.717, 1.165) is 47.6 Å². The number of hydrogen-bond donors (Lipinski definition) is 1. The predicted octanol–water partition coefficient (Wildman–Crippen LogP) is 4.75. The SMILES string of the molecule is Cc1nc(-c2ccccc2)sc1C(=O)O[C@@H](C)C(=O)NC12CC3CC(CC(C3)C1)C2. The molecule has 1 N–H and O–H groups in total. The number of aryl methyl sites for hydroxylation is 1. The fourth-order valence-electron chi connectivity index (χ4n) is 6.18. The third-order valence-corrected chi connectivity index (χ3v) is 8.27. The van der Waals surface area contributed by atoms with Crippen molar-refractivity contribution in [2.24, 2.45) is 17.8 Å². The molecule has 2 aromatic rings. The Morgan fingerprint density at radius 1 is 1.10 bits per heavy atom. The lowest BCUT2D eigenvalue weighted by Gasteiger charge is -2.57. The van der Waals surface area contributed by atoms with Gasteiger partial charge >= 0.3 is 5.97 Å².